The zero-order valence-corrected chi connectivity index (χ0v) is 15.3. The summed E-state index contributed by atoms with van der Waals surface area (Å²) in [7, 11) is 0. The van der Waals surface area contributed by atoms with Gasteiger partial charge in [-0.2, -0.15) is 0 Å². The number of nitrogens with zero attached hydrogens (tertiary/aromatic N) is 2. The molecule has 6 heteroatoms. The van der Waals surface area contributed by atoms with Crippen LogP contribution >= 0.6 is 11.6 Å². The molecule has 3 aromatic rings. The first-order valence-corrected chi connectivity index (χ1v) is 9.15. The van der Waals surface area contributed by atoms with Gasteiger partial charge in [-0.3, -0.25) is 9.78 Å². The van der Waals surface area contributed by atoms with Crippen molar-refractivity contribution in [2.24, 2.45) is 0 Å². The van der Waals surface area contributed by atoms with E-state index in [2.05, 4.69) is 15.3 Å². The quantitative estimate of drug-likeness (QED) is 0.678. The minimum Gasteiger partial charge on any atom is -0.437 e. The van der Waals surface area contributed by atoms with Crippen LogP contribution in [0, 0.1) is 0 Å². The normalized spacial score (nSPS) is 14.9. The number of halogens is 1. The predicted molar refractivity (Wildman–Crippen MR) is 104 cm³/mol. The first-order chi connectivity index (χ1) is 13.2. The molecule has 2 aromatic carbocycles. The van der Waals surface area contributed by atoms with Crippen LogP contribution < -0.4 is 10.1 Å². The van der Waals surface area contributed by atoms with Crippen LogP contribution in [0.4, 0.5) is 5.69 Å². The van der Waals surface area contributed by atoms with Gasteiger partial charge in [-0.25, -0.2) is 4.98 Å². The zero-order valence-electron chi connectivity index (χ0n) is 14.6. The third-order valence-corrected chi connectivity index (χ3v) is 5.11. The maximum atomic E-state index is 13.1. The summed E-state index contributed by atoms with van der Waals surface area (Å²) in [5.74, 6) is 0.960. The van der Waals surface area contributed by atoms with Gasteiger partial charge < -0.3 is 10.1 Å². The molecule has 0 bridgehead atoms. The molecule has 1 N–H and O–H groups in total. The lowest BCUT2D eigenvalue weighted by Crippen LogP contribution is -2.46. The monoisotopic (exact) mass is 379 g/mol. The minimum absolute atomic E-state index is 0.0207. The fourth-order valence-electron chi connectivity index (χ4n) is 3.31. The highest BCUT2D eigenvalue weighted by atomic mass is 35.5. The molecule has 5 nitrogen and oxygen atoms in total. The highest BCUT2D eigenvalue weighted by Gasteiger charge is 2.45. The number of amides is 1. The van der Waals surface area contributed by atoms with Gasteiger partial charge in [0.25, 0.3) is 0 Å². The van der Waals surface area contributed by atoms with Gasteiger partial charge in [-0.1, -0.05) is 36.2 Å². The highest BCUT2D eigenvalue weighted by molar-refractivity contribution is 6.30. The predicted octanol–water partition coefficient (Wildman–Crippen LogP) is 4.98. The van der Waals surface area contributed by atoms with Crippen molar-refractivity contribution in [1.82, 2.24) is 9.97 Å². The van der Waals surface area contributed by atoms with E-state index in [0.717, 1.165) is 24.8 Å². The van der Waals surface area contributed by atoms with Crippen LogP contribution in [-0.2, 0) is 10.2 Å². The molecular weight excluding hydrogens is 362 g/mol. The summed E-state index contributed by atoms with van der Waals surface area (Å²) in [5, 5.41) is 3.68. The number of rotatable bonds is 5. The number of carbonyl (C=O) groups is 1. The number of aromatic nitrogens is 2. The third kappa shape index (κ3) is 3.64. The van der Waals surface area contributed by atoms with Crippen LogP contribution in [0.15, 0.2) is 67.1 Å². The Morgan fingerprint density at radius 3 is 2.67 bits per heavy atom. The Hall–Kier alpha value is -2.92. The number of hydrogen-bond acceptors (Lipinski definition) is 4. The molecule has 1 aromatic heterocycles. The second kappa shape index (κ2) is 7.37. The van der Waals surface area contributed by atoms with Gasteiger partial charge in [0.05, 0.1) is 11.6 Å². The van der Waals surface area contributed by atoms with E-state index in [4.69, 9.17) is 16.3 Å². The molecule has 1 heterocycles. The maximum Gasteiger partial charge on any atom is 0.237 e. The lowest BCUT2D eigenvalue weighted by atomic mass is 9.64. The van der Waals surface area contributed by atoms with Crippen LogP contribution in [0.3, 0.4) is 0 Å². The maximum absolute atomic E-state index is 13.1. The van der Waals surface area contributed by atoms with E-state index in [-0.39, 0.29) is 5.91 Å². The molecule has 4 rings (SSSR count). The molecule has 0 saturated heterocycles. The summed E-state index contributed by atoms with van der Waals surface area (Å²) in [6, 6.07) is 14.8. The topological polar surface area (TPSA) is 64.1 Å². The Morgan fingerprint density at radius 1 is 1.11 bits per heavy atom. The molecular formula is C21H18ClN3O2. The number of anilines is 1. The van der Waals surface area contributed by atoms with Crippen LogP contribution in [-0.4, -0.2) is 15.9 Å². The number of benzene rings is 2. The van der Waals surface area contributed by atoms with Crippen molar-refractivity contribution in [2.45, 2.75) is 24.7 Å². The Kier molecular flexibility index (Phi) is 4.77. The fraction of sp³-hybridized carbons (Fsp3) is 0.190. The van der Waals surface area contributed by atoms with E-state index < -0.39 is 5.41 Å². The summed E-state index contributed by atoms with van der Waals surface area (Å²) in [6.45, 7) is 0. The van der Waals surface area contributed by atoms with Crippen molar-refractivity contribution >= 4 is 23.2 Å². The van der Waals surface area contributed by atoms with Gasteiger partial charge in [-0.15, -0.1) is 0 Å². The summed E-state index contributed by atoms with van der Waals surface area (Å²) < 4.78 is 5.68. The molecule has 1 saturated carbocycles. The minimum atomic E-state index is -0.521. The summed E-state index contributed by atoms with van der Waals surface area (Å²) >= 11 is 6.14. The number of ether oxygens (including phenoxy) is 1. The standard InChI is InChI=1S/C21H18ClN3O2/c22-16-5-1-4-15(12-16)21(8-3-9-21)20(26)25-17-6-2-7-18(13-17)27-19-14-23-10-11-24-19/h1-2,4-7,10-14H,3,8-9H2,(H,25,26). The first-order valence-electron chi connectivity index (χ1n) is 8.77. The van der Waals surface area contributed by atoms with E-state index in [1.165, 1.54) is 6.20 Å². The molecule has 1 amide bonds. The molecule has 27 heavy (non-hydrogen) atoms. The summed E-state index contributed by atoms with van der Waals surface area (Å²) in [5.41, 5.74) is 1.12. The molecule has 0 unspecified atom stereocenters. The molecule has 0 aliphatic heterocycles. The molecule has 1 aliphatic rings. The number of hydrogen-bond donors (Lipinski definition) is 1. The van der Waals surface area contributed by atoms with Crippen LogP contribution in [0.25, 0.3) is 0 Å². The van der Waals surface area contributed by atoms with Crippen molar-refractivity contribution < 1.29 is 9.53 Å². The molecule has 136 valence electrons. The molecule has 0 atom stereocenters. The Balaban J connectivity index is 1.53. The van der Waals surface area contributed by atoms with Gasteiger partial charge in [0.1, 0.15) is 5.75 Å². The van der Waals surface area contributed by atoms with Gasteiger partial charge in [0, 0.05) is 29.2 Å². The first kappa shape index (κ1) is 17.5. The molecule has 0 spiro atoms. The lowest BCUT2D eigenvalue weighted by Gasteiger charge is -2.40. The van der Waals surface area contributed by atoms with Crippen molar-refractivity contribution in [3.05, 3.63) is 77.7 Å². The second-order valence-electron chi connectivity index (χ2n) is 6.57. The van der Waals surface area contributed by atoms with E-state index in [0.29, 0.717) is 22.3 Å². The van der Waals surface area contributed by atoms with E-state index >= 15 is 0 Å². The van der Waals surface area contributed by atoms with E-state index in [9.17, 15) is 4.79 Å². The largest absolute Gasteiger partial charge is 0.437 e. The average molecular weight is 380 g/mol. The van der Waals surface area contributed by atoms with Crippen LogP contribution in [0.1, 0.15) is 24.8 Å². The van der Waals surface area contributed by atoms with Crippen molar-refractivity contribution in [1.29, 1.82) is 0 Å². The molecule has 1 aliphatic carbocycles. The van der Waals surface area contributed by atoms with Crippen molar-refractivity contribution in [3.63, 3.8) is 0 Å². The van der Waals surface area contributed by atoms with Gasteiger partial charge in [0.2, 0.25) is 11.8 Å². The zero-order chi connectivity index (χ0) is 18.7. The Morgan fingerprint density at radius 2 is 1.96 bits per heavy atom. The smallest absolute Gasteiger partial charge is 0.237 e. The Bertz CT molecular complexity index is 958. The van der Waals surface area contributed by atoms with Gasteiger partial charge in [0.15, 0.2) is 0 Å². The summed E-state index contributed by atoms with van der Waals surface area (Å²) in [4.78, 5) is 21.1. The molecule has 0 radical (unpaired) electrons. The van der Waals surface area contributed by atoms with Crippen molar-refractivity contribution in [3.8, 4) is 11.6 Å². The molecule has 1 fully saturated rings. The highest BCUT2D eigenvalue weighted by Crippen LogP contribution is 2.45. The van der Waals surface area contributed by atoms with Crippen LogP contribution in [0.5, 0.6) is 11.6 Å². The third-order valence-electron chi connectivity index (χ3n) is 4.87. The average Bonchev–Trinajstić information content (AvgIpc) is 2.62. The van der Waals surface area contributed by atoms with E-state index in [1.54, 1.807) is 24.5 Å². The second-order valence-corrected chi connectivity index (χ2v) is 7.01. The summed E-state index contributed by atoms with van der Waals surface area (Å²) in [6.07, 6.45) is 7.33. The lowest BCUT2D eigenvalue weighted by molar-refractivity contribution is -0.124. The van der Waals surface area contributed by atoms with Gasteiger partial charge in [-0.05, 0) is 42.7 Å². The SMILES string of the molecule is O=C(Nc1cccc(Oc2cnccn2)c1)C1(c2cccc(Cl)c2)CCC1. The van der Waals surface area contributed by atoms with Crippen molar-refractivity contribution in [2.75, 3.05) is 5.32 Å². The van der Waals surface area contributed by atoms with Gasteiger partial charge >= 0.3 is 0 Å². The number of nitrogens with one attached hydrogen (secondary N) is 1. The Labute approximate surface area is 162 Å². The number of carbonyl (C=O) groups excluding carboxylic acids is 1. The van der Waals surface area contributed by atoms with Crippen LogP contribution in [0.2, 0.25) is 5.02 Å². The van der Waals surface area contributed by atoms with E-state index in [1.807, 2.05) is 36.4 Å². The fourth-order valence-corrected chi connectivity index (χ4v) is 3.50.